The molecule has 0 radical (unpaired) electrons. The quantitative estimate of drug-likeness (QED) is 0.782. The largest absolute Gasteiger partial charge is 0.298 e. The Morgan fingerprint density at radius 1 is 1.33 bits per heavy atom. The molecule has 0 heterocycles. The minimum Gasteiger partial charge on any atom is -0.298 e. The third kappa shape index (κ3) is 3.45. The van der Waals surface area contributed by atoms with Crippen molar-refractivity contribution in [3.05, 3.63) is 35.9 Å². The molecule has 0 aliphatic rings. The van der Waals surface area contributed by atoms with Gasteiger partial charge in [0.05, 0.1) is 0 Å². The lowest BCUT2D eigenvalue weighted by molar-refractivity contribution is -0.117. The Morgan fingerprint density at radius 2 is 1.87 bits per heavy atom. The van der Waals surface area contributed by atoms with Gasteiger partial charge in [-0.05, 0) is 12.5 Å². The summed E-state index contributed by atoms with van der Waals surface area (Å²) in [6.45, 7) is 1.18. The summed E-state index contributed by atoms with van der Waals surface area (Å²) in [7, 11) is -4.27. The van der Waals surface area contributed by atoms with Gasteiger partial charge in [0, 0.05) is 6.42 Å². The van der Waals surface area contributed by atoms with E-state index in [0.717, 1.165) is 5.56 Å². The maximum absolute atomic E-state index is 11.4. The van der Waals surface area contributed by atoms with Gasteiger partial charge >= 0.3 is 0 Å². The number of rotatable bonds is 4. The van der Waals surface area contributed by atoms with E-state index in [9.17, 15) is 13.2 Å². The highest BCUT2D eigenvalue weighted by atomic mass is 32.2. The molecular weight excluding hydrogens is 216 g/mol. The summed E-state index contributed by atoms with van der Waals surface area (Å²) < 4.78 is 30.1. The molecule has 0 bridgehead atoms. The van der Waals surface area contributed by atoms with Crippen molar-refractivity contribution in [1.29, 1.82) is 0 Å². The summed E-state index contributed by atoms with van der Waals surface area (Å²) in [4.78, 5) is 11.4. The van der Waals surface area contributed by atoms with Crippen LogP contribution in [0.5, 0.6) is 0 Å². The highest BCUT2D eigenvalue weighted by molar-refractivity contribution is 7.87. The second-order valence-corrected chi connectivity index (χ2v) is 5.02. The Kier molecular flexibility index (Phi) is 3.60. The summed E-state index contributed by atoms with van der Waals surface area (Å²) in [6.07, 6.45) is 0.0157. The molecule has 1 N–H and O–H groups in total. The first-order chi connectivity index (χ1) is 6.91. The third-order valence-corrected chi connectivity index (χ3v) is 3.28. The van der Waals surface area contributed by atoms with Crippen molar-refractivity contribution in [3.8, 4) is 0 Å². The van der Waals surface area contributed by atoms with Gasteiger partial charge in [0.25, 0.3) is 10.1 Å². The fourth-order valence-electron chi connectivity index (χ4n) is 1.11. The first kappa shape index (κ1) is 11.9. The molecule has 0 aromatic heterocycles. The first-order valence-electron chi connectivity index (χ1n) is 4.44. The van der Waals surface area contributed by atoms with E-state index < -0.39 is 21.2 Å². The van der Waals surface area contributed by atoms with Gasteiger partial charge in [-0.2, -0.15) is 8.42 Å². The van der Waals surface area contributed by atoms with E-state index in [0.29, 0.717) is 0 Å². The van der Waals surface area contributed by atoms with Crippen molar-refractivity contribution in [1.82, 2.24) is 0 Å². The number of hydrogen-bond donors (Lipinski definition) is 1. The minimum atomic E-state index is -4.27. The monoisotopic (exact) mass is 228 g/mol. The van der Waals surface area contributed by atoms with Crippen LogP contribution in [-0.2, 0) is 21.3 Å². The molecule has 0 amide bonds. The van der Waals surface area contributed by atoms with Gasteiger partial charge in [-0.25, -0.2) is 0 Å². The molecule has 0 aliphatic heterocycles. The highest BCUT2D eigenvalue weighted by Crippen LogP contribution is 2.06. The van der Waals surface area contributed by atoms with Crippen LogP contribution in [0.1, 0.15) is 12.5 Å². The average Bonchev–Trinajstić information content (AvgIpc) is 2.16. The van der Waals surface area contributed by atoms with Gasteiger partial charge in [0.15, 0.2) is 5.78 Å². The van der Waals surface area contributed by atoms with Crippen LogP contribution < -0.4 is 0 Å². The van der Waals surface area contributed by atoms with Crippen molar-refractivity contribution in [3.63, 3.8) is 0 Å². The number of hydrogen-bond acceptors (Lipinski definition) is 3. The Bertz CT molecular complexity index is 436. The van der Waals surface area contributed by atoms with Crippen LogP contribution >= 0.6 is 0 Å². The Hall–Kier alpha value is -1.20. The molecule has 1 aromatic carbocycles. The van der Waals surface area contributed by atoms with Gasteiger partial charge in [-0.1, -0.05) is 30.3 Å². The molecule has 1 unspecified atom stereocenters. The molecule has 1 atom stereocenters. The van der Waals surface area contributed by atoms with Crippen LogP contribution in [0.4, 0.5) is 0 Å². The lowest BCUT2D eigenvalue weighted by Gasteiger charge is -2.06. The normalized spacial score (nSPS) is 13.5. The standard InChI is InChI=1S/C10H12O4S/c1-8(15(12,13)14)10(11)7-9-5-3-2-4-6-9/h2-6,8H,7H2,1H3,(H,12,13,14). The summed E-state index contributed by atoms with van der Waals surface area (Å²) >= 11 is 0. The Balaban J connectivity index is 2.73. The minimum absolute atomic E-state index is 0.0157. The van der Waals surface area contributed by atoms with Gasteiger partial charge < -0.3 is 0 Å². The molecule has 0 spiro atoms. The fourth-order valence-corrected chi connectivity index (χ4v) is 1.52. The topological polar surface area (TPSA) is 71.4 Å². The second kappa shape index (κ2) is 4.55. The van der Waals surface area contributed by atoms with Crippen LogP contribution in [0.2, 0.25) is 0 Å². The lowest BCUT2D eigenvalue weighted by atomic mass is 10.1. The van der Waals surface area contributed by atoms with E-state index in [1.807, 2.05) is 0 Å². The van der Waals surface area contributed by atoms with Crippen molar-refractivity contribution >= 4 is 15.9 Å². The van der Waals surface area contributed by atoms with Crippen LogP contribution in [0.3, 0.4) is 0 Å². The highest BCUT2D eigenvalue weighted by Gasteiger charge is 2.25. The molecule has 82 valence electrons. The van der Waals surface area contributed by atoms with Crippen LogP contribution in [0, 0.1) is 0 Å². The van der Waals surface area contributed by atoms with E-state index in [4.69, 9.17) is 4.55 Å². The number of Topliss-reactive ketones (excluding diaryl/α,β-unsaturated/α-hetero) is 1. The van der Waals surface area contributed by atoms with Crippen LogP contribution in [0.25, 0.3) is 0 Å². The van der Waals surface area contributed by atoms with Crippen molar-refractivity contribution < 1.29 is 17.8 Å². The van der Waals surface area contributed by atoms with Gasteiger partial charge in [0.2, 0.25) is 0 Å². The van der Waals surface area contributed by atoms with Crippen LogP contribution in [0.15, 0.2) is 30.3 Å². The molecular formula is C10H12O4S. The van der Waals surface area contributed by atoms with Gasteiger partial charge in [-0.3, -0.25) is 9.35 Å². The Labute approximate surface area is 88.7 Å². The predicted octanol–water partition coefficient (Wildman–Crippen LogP) is 1.07. The third-order valence-electron chi connectivity index (χ3n) is 2.12. The van der Waals surface area contributed by atoms with E-state index in [2.05, 4.69) is 0 Å². The molecule has 15 heavy (non-hydrogen) atoms. The SMILES string of the molecule is CC(C(=O)Cc1ccccc1)S(=O)(=O)O. The molecule has 1 aromatic rings. The van der Waals surface area contributed by atoms with E-state index >= 15 is 0 Å². The number of benzene rings is 1. The van der Waals surface area contributed by atoms with Crippen molar-refractivity contribution in [2.45, 2.75) is 18.6 Å². The summed E-state index contributed by atoms with van der Waals surface area (Å²) in [5.41, 5.74) is 0.734. The molecule has 0 aliphatic carbocycles. The van der Waals surface area contributed by atoms with Crippen LogP contribution in [-0.4, -0.2) is 24.0 Å². The van der Waals surface area contributed by atoms with Crippen molar-refractivity contribution in [2.75, 3.05) is 0 Å². The molecule has 4 nitrogen and oxygen atoms in total. The molecule has 0 saturated carbocycles. The fraction of sp³-hybridized carbons (Fsp3) is 0.300. The maximum atomic E-state index is 11.4. The predicted molar refractivity (Wildman–Crippen MR) is 56.2 cm³/mol. The summed E-state index contributed by atoms with van der Waals surface area (Å²) in [5, 5.41) is -1.36. The zero-order chi connectivity index (χ0) is 11.5. The lowest BCUT2D eigenvalue weighted by Crippen LogP contribution is -2.27. The molecule has 1 rings (SSSR count). The van der Waals surface area contributed by atoms with Crippen molar-refractivity contribution in [2.24, 2.45) is 0 Å². The van der Waals surface area contributed by atoms with E-state index in [1.165, 1.54) is 6.92 Å². The van der Waals surface area contributed by atoms with Gasteiger partial charge in [-0.15, -0.1) is 0 Å². The second-order valence-electron chi connectivity index (χ2n) is 3.29. The number of ketones is 1. The number of carbonyl (C=O) groups excluding carboxylic acids is 1. The Morgan fingerprint density at radius 3 is 2.33 bits per heavy atom. The summed E-state index contributed by atoms with van der Waals surface area (Å²) in [5.74, 6) is -0.510. The average molecular weight is 228 g/mol. The summed E-state index contributed by atoms with van der Waals surface area (Å²) in [6, 6.07) is 8.80. The van der Waals surface area contributed by atoms with Gasteiger partial charge in [0.1, 0.15) is 5.25 Å². The molecule has 5 heteroatoms. The zero-order valence-corrected chi connectivity index (χ0v) is 9.07. The van der Waals surface area contributed by atoms with E-state index in [1.54, 1.807) is 30.3 Å². The maximum Gasteiger partial charge on any atom is 0.274 e. The zero-order valence-electron chi connectivity index (χ0n) is 8.25. The smallest absolute Gasteiger partial charge is 0.274 e. The van der Waals surface area contributed by atoms with E-state index in [-0.39, 0.29) is 6.42 Å². The molecule has 0 fully saturated rings. The molecule has 0 saturated heterocycles. The number of carbonyl (C=O) groups is 1. The first-order valence-corrected chi connectivity index (χ1v) is 5.94.